The van der Waals surface area contributed by atoms with E-state index in [1.807, 2.05) is 60.7 Å². The molecule has 170 valence electrons. The van der Waals surface area contributed by atoms with Gasteiger partial charge in [0.15, 0.2) is 0 Å². The molecule has 4 N–H and O–H groups in total. The van der Waals surface area contributed by atoms with Crippen LogP contribution in [0.3, 0.4) is 0 Å². The maximum atomic E-state index is 13.1. The molecule has 0 bridgehead atoms. The van der Waals surface area contributed by atoms with Crippen LogP contribution in [0.4, 0.5) is 0 Å². The lowest BCUT2D eigenvalue weighted by atomic mass is 10.0. The first-order valence-electron chi connectivity index (χ1n) is 11.2. The Morgan fingerprint density at radius 3 is 2.16 bits per heavy atom. The van der Waals surface area contributed by atoms with Crippen molar-refractivity contribution >= 4 is 17.8 Å². The van der Waals surface area contributed by atoms with E-state index >= 15 is 0 Å². The molecule has 3 rings (SSSR count). The third kappa shape index (κ3) is 7.20. The predicted octanol–water partition coefficient (Wildman–Crippen LogP) is 2.06. The number of carboxylic acids is 1. The molecule has 0 aliphatic carbocycles. The molecule has 1 aliphatic rings. The third-order valence-electron chi connectivity index (χ3n) is 5.72. The van der Waals surface area contributed by atoms with Gasteiger partial charge in [0.25, 0.3) is 0 Å². The largest absolute Gasteiger partial charge is 0.480 e. The maximum Gasteiger partial charge on any atom is 0.326 e. The second kappa shape index (κ2) is 12.0. The number of hydrogen-bond acceptors (Lipinski definition) is 4. The Morgan fingerprint density at radius 2 is 1.56 bits per heavy atom. The number of nitrogens with one attached hydrogen (secondary N) is 3. The van der Waals surface area contributed by atoms with Crippen molar-refractivity contribution in [3.63, 3.8) is 0 Å². The van der Waals surface area contributed by atoms with Crippen molar-refractivity contribution in [3.05, 3.63) is 71.8 Å². The fourth-order valence-corrected chi connectivity index (χ4v) is 3.89. The Balaban J connectivity index is 1.67. The van der Waals surface area contributed by atoms with Crippen LogP contribution >= 0.6 is 0 Å². The number of hydrogen-bond donors (Lipinski definition) is 4. The molecule has 1 aliphatic heterocycles. The molecular weight excluding hydrogens is 406 g/mol. The van der Waals surface area contributed by atoms with Gasteiger partial charge in [-0.25, -0.2) is 4.79 Å². The highest BCUT2D eigenvalue weighted by Gasteiger charge is 2.29. The molecule has 7 nitrogen and oxygen atoms in total. The van der Waals surface area contributed by atoms with E-state index in [-0.39, 0.29) is 24.8 Å². The Kier molecular flexibility index (Phi) is 8.80. The molecule has 1 saturated heterocycles. The second-order valence-electron chi connectivity index (χ2n) is 8.18. The Bertz CT molecular complexity index is 883. The van der Waals surface area contributed by atoms with Gasteiger partial charge in [-0.1, -0.05) is 67.1 Å². The van der Waals surface area contributed by atoms with Gasteiger partial charge >= 0.3 is 5.97 Å². The molecule has 0 saturated carbocycles. The summed E-state index contributed by atoms with van der Waals surface area (Å²) in [6.07, 6.45) is 3.79. The zero-order chi connectivity index (χ0) is 22.8. The molecule has 0 radical (unpaired) electrons. The lowest BCUT2D eigenvalue weighted by Gasteiger charge is -2.26. The van der Waals surface area contributed by atoms with Gasteiger partial charge in [-0.2, -0.15) is 0 Å². The van der Waals surface area contributed by atoms with Gasteiger partial charge in [-0.3, -0.25) is 9.59 Å². The molecule has 2 aromatic carbocycles. The van der Waals surface area contributed by atoms with Gasteiger partial charge in [0.2, 0.25) is 11.8 Å². The van der Waals surface area contributed by atoms with Gasteiger partial charge in [0.05, 0.1) is 6.04 Å². The molecule has 0 unspecified atom stereocenters. The molecule has 7 heteroatoms. The van der Waals surface area contributed by atoms with E-state index in [1.165, 1.54) is 0 Å². The highest BCUT2D eigenvalue weighted by atomic mass is 16.4. The summed E-state index contributed by atoms with van der Waals surface area (Å²) in [4.78, 5) is 37.6. The molecular formula is C25H31N3O4. The predicted molar refractivity (Wildman–Crippen MR) is 122 cm³/mol. The molecule has 1 heterocycles. The average Bonchev–Trinajstić information content (AvgIpc) is 2.82. The number of carbonyl (C=O) groups is 3. The summed E-state index contributed by atoms with van der Waals surface area (Å²) in [7, 11) is 0. The summed E-state index contributed by atoms with van der Waals surface area (Å²) < 4.78 is 0. The first-order valence-corrected chi connectivity index (χ1v) is 11.2. The van der Waals surface area contributed by atoms with E-state index in [0.29, 0.717) is 6.42 Å². The van der Waals surface area contributed by atoms with Crippen molar-refractivity contribution in [1.82, 2.24) is 16.0 Å². The summed E-state index contributed by atoms with van der Waals surface area (Å²) in [5, 5.41) is 18.3. The molecule has 2 amide bonds. The SMILES string of the molecule is O=C(O)[C@H](CCc1ccccc1)NC(=O)[C@H](Cc1ccccc1)NC(=O)[C@@H]1CCCCN1. The van der Waals surface area contributed by atoms with Crippen molar-refractivity contribution in [1.29, 1.82) is 0 Å². The molecule has 0 aromatic heterocycles. The smallest absolute Gasteiger partial charge is 0.326 e. The average molecular weight is 438 g/mol. The summed E-state index contributed by atoms with van der Waals surface area (Å²) in [5.74, 6) is -1.80. The number of carboxylic acid groups (broad SMARTS) is 1. The van der Waals surface area contributed by atoms with Crippen molar-refractivity contribution in [2.75, 3.05) is 6.54 Å². The van der Waals surface area contributed by atoms with Crippen LogP contribution in [0.2, 0.25) is 0 Å². The monoisotopic (exact) mass is 437 g/mol. The Labute approximate surface area is 188 Å². The summed E-state index contributed by atoms with van der Waals surface area (Å²) in [6.45, 7) is 0.772. The normalized spacial score (nSPS) is 17.7. The lowest BCUT2D eigenvalue weighted by Crippen LogP contribution is -2.56. The van der Waals surface area contributed by atoms with E-state index in [1.54, 1.807) is 0 Å². The number of aryl methyl sites for hydroxylation is 1. The first kappa shape index (κ1) is 23.5. The van der Waals surface area contributed by atoms with Crippen molar-refractivity contribution in [2.24, 2.45) is 0 Å². The number of aliphatic carboxylic acids is 1. The number of carbonyl (C=O) groups excluding carboxylic acids is 2. The molecule has 3 atom stereocenters. The molecule has 1 fully saturated rings. The van der Waals surface area contributed by atoms with Crippen LogP contribution < -0.4 is 16.0 Å². The maximum absolute atomic E-state index is 13.1. The molecule has 2 aromatic rings. The minimum atomic E-state index is -1.09. The van der Waals surface area contributed by atoms with Crippen LogP contribution in [0.5, 0.6) is 0 Å². The fraction of sp³-hybridized carbons (Fsp3) is 0.400. The number of benzene rings is 2. The topological polar surface area (TPSA) is 108 Å². The molecule has 32 heavy (non-hydrogen) atoms. The second-order valence-corrected chi connectivity index (χ2v) is 8.18. The van der Waals surface area contributed by atoms with Gasteiger partial charge in [0.1, 0.15) is 12.1 Å². The lowest BCUT2D eigenvalue weighted by molar-refractivity contribution is -0.142. The highest BCUT2D eigenvalue weighted by Crippen LogP contribution is 2.10. The number of rotatable bonds is 10. The van der Waals surface area contributed by atoms with Crippen molar-refractivity contribution in [2.45, 2.75) is 56.7 Å². The van der Waals surface area contributed by atoms with Crippen LogP contribution in [0.1, 0.15) is 36.8 Å². The minimum Gasteiger partial charge on any atom is -0.480 e. The van der Waals surface area contributed by atoms with E-state index in [4.69, 9.17) is 0 Å². The summed E-state index contributed by atoms with van der Waals surface area (Å²) >= 11 is 0. The highest BCUT2D eigenvalue weighted by molar-refractivity contribution is 5.92. The third-order valence-corrected chi connectivity index (χ3v) is 5.72. The van der Waals surface area contributed by atoms with Gasteiger partial charge < -0.3 is 21.1 Å². The van der Waals surface area contributed by atoms with Crippen LogP contribution in [0, 0.1) is 0 Å². The molecule has 0 spiro atoms. The van der Waals surface area contributed by atoms with Gasteiger partial charge in [-0.15, -0.1) is 0 Å². The zero-order valence-corrected chi connectivity index (χ0v) is 18.1. The quantitative estimate of drug-likeness (QED) is 0.455. The minimum absolute atomic E-state index is 0.225. The number of amides is 2. The van der Waals surface area contributed by atoms with Crippen molar-refractivity contribution < 1.29 is 19.5 Å². The van der Waals surface area contributed by atoms with E-state index in [2.05, 4.69) is 16.0 Å². The zero-order valence-electron chi connectivity index (χ0n) is 18.1. The summed E-state index contributed by atoms with van der Waals surface area (Å²) in [5.41, 5.74) is 1.89. The van der Waals surface area contributed by atoms with E-state index in [0.717, 1.165) is 36.9 Å². The van der Waals surface area contributed by atoms with E-state index < -0.39 is 24.0 Å². The van der Waals surface area contributed by atoms with E-state index in [9.17, 15) is 19.5 Å². The van der Waals surface area contributed by atoms with Crippen LogP contribution in [-0.4, -0.2) is 47.6 Å². The van der Waals surface area contributed by atoms with Gasteiger partial charge in [-0.05, 0) is 43.4 Å². The first-order chi connectivity index (χ1) is 15.5. The standard InChI is InChI=1S/C25H31N3O4/c29-23(20-13-7-8-16-26-20)28-22(17-19-11-5-2-6-12-19)24(30)27-21(25(31)32)15-14-18-9-3-1-4-10-18/h1-6,9-12,20-22,26H,7-8,13-17H2,(H,27,30)(H,28,29)(H,31,32)/t20-,21-,22-/m0/s1. The van der Waals surface area contributed by atoms with Gasteiger partial charge in [0, 0.05) is 6.42 Å². The fourth-order valence-electron chi connectivity index (χ4n) is 3.89. The van der Waals surface area contributed by atoms with Crippen LogP contribution in [0.25, 0.3) is 0 Å². The van der Waals surface area contributed by atoms with Crippen LogP contribution in [-0.2, 0) is 27.2 Å². The summed E-state index contributed by atoms with van der Waals surface area (Å²) in [6, 6.07) is 16.7. The van der Waals surface area contributed by atoms with Crippen molar-refractivity contribution in [3.8, 4) is 0 Å². The Hall–Kier alpha value is -3.19. The van der Waals surface area contributed by atoms with Crippen LogP contribution in [0.15, 0.2) is 60.7 Å². The number of piperidine rings is 1. The Morgan fingerprint density at radius 1 is 0.906 bits per heavy atom.